The minimum atomic E-state index is -4.83. The van der Waals surface area contributed by atoms with Crippen molar-refractivity contribution in [1.82, 2.24) is 19.7 Å². The third-order valence-corrected chi connectivity index (χ3v) is 4.64. The van der Waals surface area contributed by atoms with Crippen molar-refractivity contribution < 1.29 is 30.9 Å². The SMILES string of the molecule is COc1ccc(-c2nc(C(F)(F)F)nn2-c2ccc(S(=O)(=O)O)cn2)cc1Cl. The van der Waals surface area contributed by atoms with Crippen LogP contribution in [0.2, 0.25) is 5.02 Å². The molecule has 0 bridgehead atoms. The second kappa shape index (κ2) is 7.04. The largest absolute Gasteiger partial charge is 0.495 e. The predicted molar refractivity (Wildman–Crippen MR) is 91.0 cm³/mol. The molecule has 0 spiro atoms. The molecule has 0 aliphatic heterocycles. The topological polar surface area (TPSA) is 107 Å². The van der Waals surface area contributed by atoms with E-state index in [1.807, 2.05) is 0 Å². The second-order valence-electron chi connectivity index (χ2n) is 5.35. The molecule has 0 radical (unpaired) electrons. The summed E-state index contributed by atoms with van der Waals surface area (Å²) < 4.78 is 76.3. The molecular formula is C15H10ClF3N4O4S. The van der Waals surface area contributed by atoms with Crippen LogP contribution in [0.25, 0.3) is 17.2 Å². The molecule has 0 aliphatic rings. The van der Waals surface area contributed by atoms with Crippen LogP contribution in [0.5, 0.6) is 5.75 Å². The Morgan fingerprint density at radius 2 is 1.93 bits per heavy atom. The van der Waals surface area contributed by atoms with Gasteiger partial charge in [0.05, 0.1) is 18.3 Å². The molecule has 0 amide bonds. The highest BCUT2D eigenvalue weighted by Gasteiger charge is 2.37. The number of halogens is 4. The molecule has 1 aromatic carbocycles. The average molecular weight is 435 g/mol. The van der Waals surface area contributed by atoms with Crippen molar-refractivity contribution in [3.05, 3.63) is 47.4 Å². The molecule has 148 valence electrons. The first-order valence-electron chi connectivity index (χ1n) is 7.33. The van der Waals surface area contributed by atoms with E-state index in [-0.39, 0.29) is 22.2 Å². The summed E-state index contributed by atoms with van der Waals surface area (Å²) in [4.78, 5) is 6.74. The van der Waals surface area contributed by atoms with E-state index in [0.717, 1.165) is 23.0 Å². The Kier molecular flexibility index (Phi) is 5.04. The van der Waals surface area contributed by atoms with Gasteiger partial charge in [0.1, 0.15) is 10.6 Å². The monoisotopic (exact) mass is 434 g/mol. The number of alkyl halides is 3. The lowest BCUT2D eigenvalue weighted by molar-refractivity contribution is -0.144. The van der Waals surface area contributed by atoms with E-state index in [9.17, 15) is 21.6 Å². The summed E-state index contributed by atoms with van der Waals surface area (Å²) in [5, 5.41) is 3.56. The van der Waals surface area contributed by atoms with Gasteiger partial charge in [-0.15, -0.1) is 5.10 Å². The summed E-state index contributed by atoms with van der Waals surface area (Å²) >= 11 is 6.03. The fourth-order valence-corrected chi connectivity index (χ4v) is 2.92. The number of methoxy groups -OCH3 is 1. The summed E-state index contributed by atoms with van der Waals surface area (Å²) in [7, 11) is -3.13. The zero-order valence-corrected chi connectivity index (χ0v) is 15.4. The summed E-state index contributed by atoms with van der Waals surface area (Å²) in [5.74, 6) is -1.50. The molecule has 13 heteroatoms. The first-order chi connectivity index (χ1) is 13.0. The van der Waals surface area contributed by atoms with Gasteiger partial charge in [-0.05, 0) is 30.3 Å². The molecule has 0 fully saturated rings. The van der Waals surface area contributed by atoms with E-state index < -0.39 is 27.0 Å². The molecule has 28 heavy (non-hydrogen) atoms. The zero-order valence-electron chi connectivity index (χ0n) is 13.8. The van der Waals surface area contributed by atoms with E-state index in [1.54, 1.807) is 0 Å². The maximum atomic E-state index is 13.1. The van der Waals surface area contributed by atoms with Gasteiger partial charge < -0.3 is 4.74 Å². The van der Waals surface area contributed by atoms with Crippen LogP contribution in [-0.2, 0) is 16.3 Å². The molecular weight excluding hydrogens is 425 g/mol. The number of pyridine rings is 1. The second-order valence-corrected chi connectivity index (χ2v) is 7.17. The first kappa shape index (κ1) is 20.0. The number of hydrogen-bond acceptors (Lipinski definition) is 6. The summed E-state index contributed by atoms with van der Waals surface area (Å²) in [6.07, 6.45) is -4.05. The third kappa shape index (κ3) is 3.93. The van der Waals surface area contributed by atoms with Crippen molar-refractivity contribution in [3.63, 3.8) is 0 Å². The number of hydrogen-bond donors (Lipinski definition) is 1. The highest BCUT2D eigenvalue weighted by Crippen LogP contribution is 2.33. The number of ether oxygens (including phenoxy) is 1. The minimum Gasteiger partial charge on any atom is -0.495 e. The van der Waals surface area contributed by atoms with E-state index in [0.29, 0.717) is 5.75 Å². The van der Waals surface area contributed by atoms with Crippen LogP contribution in [0.15, 0.2) is 41.4 Å². The van der Waals surface area contributed by atoms with Crippen molar-refractivity contribution in [2.24, 2.45) is 0 Å². The van der Waals surface area contributed by atoms with Gasteiger partial charge in [0, 0.05) is 5.56 Å². The number of nitrogens with zero attached hydrogens (tertiary/aromatic N) is 4. The van der Waals surface area contributed by atoms with Crippen LogP contribution in [0.4, 0.5) is 13.2 Å². The molecule has 0 atom stereocenters. The highest BCUT2D eigenvalue weighted by molar-refractivity contribution is 7.85. The molecule has 0 aliphatic carbocycles. The van der Waals surface area contributed by atoms with E-state index in [2.05, 4.69) is 15.1 Å². The number of benzene rings is 1. The Hall–Kier alpha value is -2.70. The molecule has 2 heterocycles. The third-order valence-electron chi connectivity index (χ3n) is 3.51. The van der Waals surface area contributed by atoms with Crippen LogP contribution in [0.3, 0.4) is 0 Å². The summed E-state index contributed by atoms with van der Waals surface area (Å²) in [5.41, 5.74) is 0.189. The Labute approximate surface area is 161 Å². The van der Waals surface area contributed by atoms with Gasteiger partial charge in [0.25, 0.3) is 15.9 Å². The predicted octanol–water partition coefficient (Wildman–Crippen LogP) is 3.26. The van der Waals surface area contributed by atoms with Crippen molar-refractivity contribution in [2.75, 3.05) is 7.11 Å². The van der Waals surface area contributed by atoms with E-state index in [1.165, 1.54) is 25.3 Å². The standard InChI is InChI=1S/C15H10ClF3N4O4S/c1-27-11-4-2-8(6-10(11)16)13-21-14(15(17,18)19)22-23(13)12-5-3-9(7-20-12)28(24,25)26/h2-7H,1H3,(H,24,25,26). The summed E-state index contributed by atoms with van der Waals surface area (Å²) in [6.45, 7) is 0. The minimum absolute atomic E-state index is 0.137. The Morgan fingerprint density at radius 3 is 2.43 bits per heavy atom. The highest BCUT2D eigenvalue weighted by atomic mass is 35.5. The maximum Gasteiger partial charge on any atom is 0.453 e. The van der Waals surface area contributed by atoms with Crippen LogP contribution >= 0.6 is 11.6 Å². The zero-order chi connectivity index (χ0) is 20.7. The maximum absolute atomic E-state index is 13.1. The van der Waals surface area contributed by atoms with Gasteiger partial charge >= 0.3 is 6.18 Å². The molecule has 0 unspecified atom stereocenters. The molecule has 0 saturated carbocycles. The van der Waals surface area contributed by atoms with Crippen LogP contribution in [0.1, 0.15) is 5.82 Å². The average Bonchev–Trinajstić information content (AvgIpc) is 3.07. The quantitative estimate of drug-likeness (QED) is 0.628. The fourth-order valence-electron chi connectivity index (χ4n) is 2.23. The van der Waals surface area contributed by atoms with Gasteiger partial charge in [0.15, 0.2) is 11.6 Å². The number of rotatable bonds is 4. The number of aromatic nitrogens is 4. The van der Waals surface area contributed by atoms with Gasteiger partial charge in [0.2, 0.25) is 0 Å². The molecule has 0 saturated heterocycles. The van der Waals surface area contributed by atoms with Crippen LogP contribution in [-0.4, -0.2) is 39.8 Å². The van der Waals surface area contributed by atoms with Crippen molar-refractivity contribution >= 4 is 21.7 Å². The van der Waals surface area contributed by atoms with Crippen molar-refractivity contribution in [1.29, 1.82) is 0 Å². The lowest BCUT2D eigenvalue weighted by Crippen LogP contribution is -2.09. The first-order valence-corrected chi connectivity index (χ1v) is 9.14. The Morgan fingerprint density at radius 1 is 1.21 bits per heavy atom. The lowest BCUT2D eigenvalue weighted by Gasteiger charge is -2.08. The Bertz CT molecular complexity index is 1130. The van der Waals surface area contributed by atoms with Gasteiger partial charge in [-0.3, -0.25) is 4.55 Å². The van der Waals surface area contributed by atoms with E-state index in [4.69, 9.17) is 20.9 Å². The van der Waals surface area contributed by atoms with Crippen molar-refractivity contribution in [3.8, 4) is 23.0 Å². The Balaban J connectivity index is 2.18. The van der Waals surface area contributed by atoms with Gasteiger partial charge in [-0.25, -0.2) is 9.97 Å². The molecule has 3 rings (SSSR count). The van der Waals surface area contributed by atoms with Gasteiger partial charge in [-0.1, -0.05) is 11.6 Å². The fraction of sp³-hybridized carbons (Fsp3) is 0.133. The van der Waals surface area contributed by atoms with Crippen molar-refractivity contribution in [2.45, 2.75) is 11.1 Å². The normalized spacial score (nSPS) is 12.2. The smallest absolute Gasteiger partial charge is 0.453 e. The van der Waals surface area contributed by atoms with E-state index >= 15 is 0 Å². The van der Waals surface area contributed by atoms with Crippen LogP contribution < -0.4 is 4.74 Å². The molecule has 2 aromatic heterocycles. The lowest BCUT2D eigenvalue weighted by atomic mass is 10.2. The van der Waals surface area contributed by atoms with Crippen LogP contribution in [0, 0.1) is 0 Å². The van der Waals surface area contributed by atoms with Gasteiger partial charge in [-0.2, -0.15) is 26.3 Å². The molecule has 8 nitrogen and oxygen atoms in total. The molecule has 3 aromatic rings. The molecule has 1 N–H and O–H groups in total. The summed E-state index contributed by atoms with van der Waals surface area (Å²) in [6, 6.07) is 6.26.